The third kappa shape index (κ3) is 2.22. The van der Waals surface area contributed by atoms with Crippen LogP contribution in [0.5, 0.6) is 0 Å². The van der Waals surface area contributed by atoms with Crippen LogP contribution < -0.4 is 0 Å². The molecule has 0 aliphatic heterocycles. The van der Waals surface area contributed by atoms with Crippen LogP contribution in [0.15, 0.2) is 41.4 Å². The third-order valence-corrected chi connectivity index (χ3v) is 4.24. The van der Waals surface area contributed by atoms with E-state index in [1.807, 2.05) is 6.07 Å². The Morgan fingerprint density at radius 2 is 2.00 bits per heavy atom. The van der Waals surface area contributed by atoms with Gasteiger partial charge in [0.2, 0.25) is 10.0 Å². The van der Waals surface area contributed by atoms with Crippen LogP contribution in [0.1, 0.15) is 0 Å². The molecule has 0 amide bonds. The summed E-state index contributed by atoms with van der Waals surface area (Å²) in [5.41, 5.74) is 1.59. The summed E-state index contributed by atoms with van der Waals surface area (Å²) < 4.78 is 25.1. The quantitative estimate of drug-likeness (QED) is 0.894. The van der Waals surface area contributed by atoms with Crippen LogP contribution in [0, 0.1) is 0 Å². The Labute approximate surface area is 100 Å². The lowest BCUT2D eigenvalue weighted by Gasteiger charge is -2.11. The van der Waals surface area contributed by atoms with Crippen molar-refractivity contribution in [3.8, 4) is 11.3 Å². The van der Waals surface area contributed by atoms with Gasteiger partial charge in [0.1, 0.15) is 0 Å². The van der Waals surface area contributed by atoms with Gasteiger partial charge in [0.25, 0.3) is 0 Å². The maximum atomic E-state index is 12.0. The number of aromatic nitrogens is 2. The molecule has 0 aliphatic rings. The van der Waals surface area contributed by atoms with Gasteiger partial charge in [-0.3, -0.25) is 5.10 Å². The molecule has 17 heavy (non-hydrogen) atoms. The van der Waals surface area contributed by atoms with Gasteiger partial charge in [0.05, 0.1) is 10.6 Å². The zero-order valence-corrected chi connectivity index (χ0v) is 10.4. The second kappa shape index (κ2) is 4.31. The molecular formula is C11H13N3O2S. The first-order valence-electron chi connectivity index (χ1n) is 5.04. The number of benzene rings is 1. The van der Waals surface area contributed by atoms with Crippen molar-refractivity contribution in [2.45, 2.75) is 4.90 Å². The molecule has 0 radical (unpaired) electrons. The molecule has 1 heterocycles. The standard InChI is InChI=1S/C11H13N3O2S/c1-14(2)17(15,16)10-5-3-4-9(8-10)11-6-7-12-13-11/h3-8H,1-2H3,(H,12,13). The van der Waals surface area contributed by atoms with Gasteiger partial charge in [-0.1, -0.05) is 12.1 Å². The van der Waals surface area contributed by atoms with Crippen LogP contribution in [0.3, 0.4) is 0 Å². The molecule has 2 aromatic rings. The van der Waals surface area contributed by atoms with Gasteiger partial charge in [-0.25, -0.2) is 12.7 Å². The number of aromatic amines is 1. The van der Waals surface area contributed by atoms with E-state index < -0.39 is 10.0 Å². The predicted molar refractivity (Wildman–Crippen MR) is 64.9 cm³/mol. The number of nitrogens with zero attached hydrogens (tertiary/aromatic N) is 2. The zero-order valence-electron chi connectivity index (χ0n) is 9.58. The Hall–Kier alpha value is -1.66. The molecule has 6 heteroatoms. The molecule has 0 saturated heterocycles. The first-order valence-corrected chi connectivity index (χ1v) is 6.48. The fourth-order valence-corrected chi connectivity index (χ4v) is 2.40. The highest BCUT2D eigenvalue weighted by Gasteiger charge is 2.17. The number of H-pyrrole nitrogens is 1. The minimum absolute atomic E-state index is 0.273. The zero-order chi connectivity index (χ0) is 12.5. The van der Waals surface area contributed by atoms with E-state index in [2.05, 4.69) is 10.2 Å². The molecule has 0 bridgehead atoms. The summed E-state index contributed by atoms with van der Waals surface area (Å²) in [4.78, 5) is 0.273. The Morgan fingerprint density at radius 1 is 1.24 bits per heavy atom. The highest BCUT2D eigenvalue weighted by Crippen LogP contribution is 2.21. The van der Waals surface area contributed by atoms with Crippen molar-refractivity contribution < 1.29 is 8.42 Å². The Kier molecular flexibility index (Phi) is 2.99. The lowest BCUT2D eigenvalue weighted by molar-refractivity contribution is 0.521. The molecule has 90 valence electrons. The largest absolute Gasteiger partial charge is 0.278 e. The Morgan fingerprint density at radius 3 is 2.59 bits per heavy atom. The third-order valence-electron chi connectivity index (χ3n) is 2.42. The molecule has 2 rings (SSSR count). The molecule has 1 N–H and O–H groups in total. The van der Waals surface area contributed by atoms with Crippen LogP contribution in [0.2, 0.25) is 0 Å². The first-order chi connectivity index (χ1) is 8.01. The van der Waals surface area contributed by atoms with E-state index in [1.165, 1.54) is 18.4 Å². The average Bonchev–Trinajstić information content (AvgIpc) is 2.82. The maximum Gasteiger partial charge on any atom is 0.242 e. The lowest BCUT2D eigenvalue weighted by Crippen LogP contribution is -2.22. The van der Waals surface area contributed by atoms with Crippen molar-refractivity contribution >= 4 is 10.0 Å². The van der Waals surface area contributed by atoms with Crippen molar-refractivity contribution in [2.24, 2.45) is 0 Å². The Bertz CT molecular complexity index is 603. The monoisotopic (exact) mass is 251 g/mol. The van der Waals surface area contributed by atoms with Gasteiger partial charge >= 0.3 is 0 Å². The summed E-state index contributed by atoms with van der Waals surface area (Å²) >= 11 is 0. The van der Waals surface area contributed by atoms with Crippen LogP contribution in [-0.2, 0) is 10.0 Å². The predicted octanol–water partition coefficient (Wildman–Crippen LogP) is 1.33. The molecule has 1 aromatic heterocycles. The molecule has 5 nitrogen and oxygen atoms in total. The SMILES string of the molecule is CN(C)S(=O)(=O)c1cccc(-c2ccn[nH]2)c1. The van der Waals surface area contributed by atoms with E-state index in [0.717, 1.165) is 11.3 Å². The van der Waals surface area contributed by atoms with Crippen LogP contribution in [0.4, 0.5) is 0 Å². The molecule has 0 fully saturated rings. The van der Waals surface area contributed by atoms with Crippen molar-refractivity contribution in [1.82, 2.24) is 14.5 Å². The first kappa shape index (κ1) is 11.8. The van der Waals surface area contributed by atoms with Gasteiger partial charge in [-0.05, 0) is 18.2 Å². The fourth-order valence-electron chi connectivity index (χ4n) is 1.45. The summed E-state index contributed by atoms with van der Waals surface area (Å²) in [6.45, 7) is 0. The van der Waals surface area contributed by atoms with Gasteiger partial charge < -0.3 is 0 Å². The number of hydrogen-bond acceptors (Lipinski definition) is 3. The van der Waals surface area contributed by atoms with Crippen molar-refractivity contribution in [2.75, 3.05) is 14.1 Å². The molecule has 0 saturated carbocycles. The van der Waals surface area contributed by atoms with E-state index in [1.54, 1.807) is 30.5 Å². The smallest absolute Gasteiger partial charge is 0.242 e. The van der Waals surface area contributed by atoms with Gasteiger partial charge in [0.15, 0.2) is 0 Å². The number of hydrogen-bond donors (Lipinski definition) is 1. The summed E-state index contributed by atoms with van der Waals surface area (Å²) in [5.74, 6) is 0. The highest BCUT2D eigenvalue weighted by atomic mass is 32.2. The topological polar surface area (TPSA) is 66.1 Å². The molecule has 1 aromatic carbocycles. The fraction of sp³-hybridized carbons (Fsp3) is 0.182. The summed E-state index contributed by atoms with van der Waals surface area (Å²) in [5, 5.41) is 6.64. The van der Waals surface area contributed by atoms with Gasteiger partial charge in [-0.2, -0.15) is 5.10 Å². The second-order valence-corrected chi connectivity index (χ2v) is 5.94. The highest BCUT2D eigenvalue weighted by molar-refractivity contribution is 7.89. The molecule has 0 unspecified atom stereocenters. The normalized spacial score (nSPS) is 11.9. The number of nitrogens with one attached hydrogen (secondary N) is 1. The van der Waals surface area contributed by atoms with Crippen LogP contribution in [0.25, 0.3) is 11.3 Å². The molecule has 0 atom stereocenters. The van der Waals surface area contributed by atoms with Crippen molar-refractivity contribution in [3.05, 3.63) is 36.5 Å². The molecular weight excluding hydrogens is 238 g/mol. The van der Waals surface area contributed by atoms with E-state index >= 15 is 0 Å². The van der Waals surface area contributed by atoms with E-state index in [9.17, 15) is 8.42 Å². The number of rotatable bonds is 3. The van der Waals surface area contributed by atoms with E-state index in [4.69, 9.17) is 0 Å². The summed E-state index contributed by atoms with van der Waals surface area (Å²) in [7, 11) is -0.367. The van der Waals surface area contributed by atoms with Crippen LogP contribution in [-0.4, -0.2) is 37.0 Å². The minimum atomic E-state index is -3.39. The van der Waals surface area contributed by atoms with E-state index in [-0.39, 0.29) is 4.90 Å². The summed E-state index contributed by atoms with van der Waals surface area (Å²) in [6, 6.07) is 8.55. The van der Waals surface area contributed by atoms with Crippen molar-refractivity contribution in [3.63, 3.8) is 0 Å². The maximum absolute atomic E-state index is 12.0. The second-order valence-electron chi connectivity index (χ2n) is 3.79. The van der Waals surface area contributed by atoms with Crippen molar-refractivity contribution in [1.29, 1.82) is 0 Å². The van der Waals surface area contributed by atoms with E-state index in [0.29, 0.717) is 0 Å². The molecule has 0 spiro atoms. The molecule has 0 aliphatic carbocycles. The van der Waals surface area contributed by atoms with Gasteiger partial charge in [-0.15, -0.1) is 0 Å². The lowest BCUT2D eigenvalue weighted by atomic mass is 10.2. The number of sulfonamides is 1. The average molecular weight is 251 g/mol. The summed E-state index contributed by atoms with van der Waals surface area (Å²) in [6.07, 6.45) is 1.63. The minimum Gasteiger partial charge on any atom is -0.278 e. The van der Waals surface area contributed by atoms with Gasteiger partial charge in [0, 0.05) is 25.9 Å². The Balaban J connectivity index is 2.50. The van der Waals surface area contributed by atoms with Crippen LogP contribution >= 0.6 is 0 Å².